The summed E-state index contributed by atoms with van der Waals surface area (Å²) < 4.78 is 5.42. The van der Waals surface area contributed by atoms with E-state index in [1.807, 2.05) is 6.92 Å². The van der Waals surface area contributed by atoms with Gasteiger partial charge in [-0.1, -0.05) is 12.8 Å². The lowest BCUT2D eigenvalue weighted by molar-refractivity contribution is 0.0268. The van der Waals surface area contributed by atoms with Gasteiger partial charge in [-0.05, 0) is 31.9 Å². The van der Waals surface area contributed by atoms with Crippen molar-refractivity contribution in [1.29, 1.82) is 0 Å². The van der Waals surface area contributed by atoms with E-state index in [0.717, 1.165) is 25.7 Å². The van der Waals surface area contributed by atoms with Crippen LogP contribution < -0.4 is 10.5 Å². The van der Waals surface area contributed by atoms with Gasteiger partial charge in [-0.3, -0.25) is 4.79 Å². The van der Waals surface area contributed by atoms with Crippen molar-refractivity contribution in [2.75, 3.05) is 19.4 Å². The molecule has 1 saturated carbocycles. The number of amides is 1. The van der Waals surface area contributed by atoms with Gasteiger partial charge in [-0.15, -0.1) is 0 Å². The van der Waals surface area contributed by atoms with Crippen LogP contribution in [0.3, 0.4) is 0 Å². The monoisotopic (exact) mass is 292 g/mol. The number of carbonyl (C=O) groups excluding carboxylic acids is 1. The summed E-state index contributed by atoms with van der Waals surface area (Å²) in [6.45, 7) is 2.41. The number of hydrogen-bond donors (Lipinski definition) is 2. The average Bonchev–Trinajstić information content (AvgIpc) is 2.46. The Hall–Kier alpha value is -1.75. The first-order valence-electron chi connectivity index (χ1n) is 7.51. The quantitative estimate of drug-likeness (QED) is 0.833. The predicted molar refractivity (Wildman–Crippen MR) is 82.4 cm³/mol. The first-order valence-corrected chi connectivity index (χ1v) is 7.51. The molecule has 5 nitrogen and oxygen atoms in total. The molecule has 0 heterocycles. The van der Waals surface area contributed by atoms with Crippen LogP contribution in [0.5, 0.6) is 5.75 Å². The second kappa shape index (κ2) is 6.80. The van der Waals surface area contributed by atoms with Crippen molar-refractivity contribution < 1.29 is 14.6 Å². The van der Waals surface area contributed by atoms with E-state index in [-0.39, 0.29) is 11.9 Å². The maximum atomic E-state index is 12.6. The van der Waals surface area contributed by atoms with E-state index < -0.39 is 6.10 Å². The Balaban J connectivity index is 2.18. The van der Waals surface area contributed by atoms with E-state index in [0.29, 0.717) is 23.6 Å². The van der Waals surface area contributed by atoms with Crippen LogP contribution in [0.2, 0.25) is 0 Å². The Morgan fingerprint density at radius 1 is 1.38 bits per heavy atom. The topological polar surface area (TPSA) is 75.8 Å². The zero-order valence-corrected chi connectivity index (χ0v) is 12.7. The summed E-state index contributed by atoms with van der Waals surface area (Å²) in [7, 11) is 1.74. The predicted octanol–water partition coefficient (Wildman–Crippen LogP) is 2.04. The van der Waals surface area contributed by atoms with E-state index in [9.17, 15) is 9.90 Å². The van der Waals surface area contributed by atoms with Gasteiger partial charge in [-0.2, -0.15) is 0 Å². The molecule has 2 unspecified atom stereocenters. The van der Waals surface area contributed by atoms with E-state index >= 15 is 0 Å². The van der Waals surface area contributed by atoms with Gasteiger partial charge in [0.25, 0.3) is 5.91 Å². The molecule has 0 saturated heterocycles. The van der Waals surface area contributed by atoms with Crippen LogP contribution in [0.25, 0.3) is 0 Å². The highest BCUT2D eigenvalue weighted by molar-refractivity contribution is 5.95. The average molecular weight is 292 g/mol. The molecule has 3 N–H and O–H groups in total. The molecule has 0 radical (unpaired) electrons. The van der Waals surface area contributed by atoms with Gasteiger partial charge < -0.3 is 20.5 Å². The minimum Gasteiger partial charge on any atom is -0.494 e. The molecule has 0 bridgehead atoms. The van der Waals surface area contributed by atoms with Crippen molar-refractivity contribution in [3.05, 3.63) is 23.8 Å². The molecule has 116 valence electrons. The summed E-state index contributed by atoms with van der Waals surface area (Å²) in [5.74, 6) is 0.465. The molecule has 21 heavy (non-hydrogen) atoms. The number of aliphatic hydroxyl groups excluding tert-OH is 1. The minimum atomic E-state index is -0.444. The van der Waals surface area contributed by atoms with Crippen LogP contribution in [0.15, 0.2) is 18.2 Å². The lowest BCUT2D eigenvalue weighted by Gasteiger charge is -2.35. The zero-order chi connectivity index (χ0) is 15.4. The second-order valence-electron chi connectivity index (χ2n) is 5.56. The van der Waals surface area contributed by atoms with Gasteiger partial charge in [0.2, 0.25) is 0 Å². The molecule has 1 aliphatic carbocycles. The highest BCUT2D eigenvalue weighted by atomic mass is 16.5. The molecule has 1 aliphatic rings. The molecule has 1 fully saturated rings. The van der Waals surface area contributed by atoms with Crippen molar-refractivity contribution in [3.63, 3.8) is 0 Å². The highest BCUT2D eigenvalue weighted by Gasteiger charge is 2.30. The molecule has 1 amide bonds. The Morgan fingerprint density at radius 2 is 2.10 bits per heavy atom. The number of rotatable bonds is 4. The van der Waals surface area contributed by atoms with Crippen LogP contribution >= 0.6 is 0 Å². The number of anilines is 1. The summed E-state index contributed by atoms with van der Waals surface area (Å²) in [6.07, 6.45) is 3.21. The lowest BCUT2D eigenvalue weighted by Crippen LogP contribution is -2.46. The molecule has 0 aliphatic heterocycles. The first kappa shape index (κ1) is 15.6. The zero-order valence-electron chi connectivity index (χ0n) is 12.7. The van der Waals surface area contributed by atoms with Crippen LogP contribution in [-0.2, 0) is 0 Å². The summed E-state index contributed by atoms with van der Waals surface area (Å²) in [5, 5.41) is 10.1. The molecule has 1 aromatic rings. The molecule has 2 atom stereocenters. The summed E-state index contributed by atoms with van der Waals surface area (Å²) in [6, 6.07) is 4.93. The molecule has 1 aromatic carbocycles. The van der Waals surface area contributed by atoms with Gasteiger partial charge >= 0.3 is 0 Å². The minimum absolute atomic E-state index is 0.122. The molecule has 2 rings (SSSR count). The van der Waals surface area contributed by atoms with Crippen molar-refractivity contribution in [2.24, 2.45) is 0 Å². The largest absolute Gasteiger partial charge is 0.494 e. The Kier molecular flexibility index (Phi) is 5.07. The third-order valence-corrected chi connectivity index (χ3v) is 4.00. The number of hydrogen-bond acceptors (Lipinski definition) is 4. The number of benzene rings is 1. The summed E-state index contributed by atoms with van der Waals surface area (Å²) in [5.41, 5.74) is 6.83. The van der Waals surface area contributed by atoms with Crippen molar-refractivity contribution in [1.82, 2.24) is 4.90 Å². The van der Waals surface area contributed by atoms with E-state index in [1.54, 1.807) is 30.1 Å². The molecule has 0 aromatic heterocycles. The normalized spacial score (nSPS) is 21.9. The van der Waals surface area contributed by atoms with Crippen molar-refractivity contribution in [2.45, 2.75) is 44.8 Å². The van der Waals surface area contributed by atoms with Crippen LogP contribution in [0, 0.1) is 0 Å². The molecule has 0 spiro atoms. The number of nitrogens with two attached hydrogens (primary N) is 1. The number of nitrogen functional groups attached to an aromatic ring is 1. The third-order valence-electron chi connectivity index (χ3n) is 4.00. The highest BCUT2D eigenvalue weighted by Crippen LogP contribution is 2.25. The number of nitrogens with zero attached hydrogens (tertiary/aromatic N) is 1. The fraction of sp³-hybridized carbons (Fsp3) is 0.562. The first-order chi connectivity index (χ1) is 10.0. The summed E-state index contributed by atoms with van der Waals surface area (Å²) >= 11 is 0. The van der Waals surface area contributed by atoms with Gasteiger partial charge in [0.15, 0.2) is 0 Å². The van der Waals surface area contributed by atoms with Crippen LogP contribution in [0.4, 0.5) is 5.69 Å². The van der Waals surface area contributed by atoms with Crippen LogP contribution in [-0.4, -0.2) is 41.7 Å². The maximum Gasteiger partial charge on any atom is 0.254 e. The van der Waals surface area contributed by atoms with E-state index in [1.165, 1.54) is 0 Å². The Bertz CT molecular complexity index is 504. The van der Waals surface area contributed by atoms with Crippen molar-refractivity contribution in [3.8, 4) is 5.75 Å². The van der Waals surface area contributed by atoms with Gasteiger partial charge in [0.1, 0.15) is 5.75 Å². The maximum absolute atomic E-state index is 12.6. The summed E-state index contributed by atoms with van der Waals surface area (Å²) in [4.78, 5) is 14.2. The molecular weight excluding hydrogens is 268 g/mol. The number of carbonyl (C=O) groups is 1. The van der Waals surface area contributed by atoms with Crippen LogP contribution in [0.1, 0.15) is 43.0 Å². The SMILES string of the molecule is CCOc1cc(N)cc(C(=O)N(C)C2CCCCC2O)c1. The van der Waals surface area contributed by atoms with Crippen molar-refractivity contribution >= 4 is 11.6 Å². The van der Waals surface area contributed by atoms with Gasteiger partial charge in [0, 0.05) is 24.4 Å². The van der Waals surface area contributed by atoms with Gasteiger partial charge in [-0.25, -0.2) is 0 Å². The number of ether oxygens (including phenoxy) is 1. The van der Waals surface area contributed by atoms with E-state index in [4.69, 9.17) is 10.5 Å². The molecule has 5 heteroatoms. The molecular formula is C16H24N2O3. The smallest absolute Gasteiger partial charge is 0.254 e. The second-order valence-corrected chi connectivity index (χ2v) is 5.56. The van der Waals surface area contributed by atoms with Gasteiger partial charge in [0.05, 0.1) is 18.8 Å². The Morgan fingerprint density at radius 3 is 2.76 bits per heavy atom. The van der Waals surface area contributed by atoms with E-state index in [2.05, 4.69) is 0 Å². The number of aliphatic hydroxyl groups is 1. The Labute approximate surface area is 125 Å². The lowest BCUT2D eigenvalue weighted by atomic mass is 9.91. The fourth-order valence-electron chi connectivity index (χ4n) is 2.89. The number of likely N-dealkylation sites (N-methyl/N-ethyl adjacent to an activating group) is 1. The fourth-order valence-corrected chi connectivity index (χ4v) is 2.89. The standard InChI is InChI=1S/C16H24N2O3/c1-3-21-13-9-11(8-12(17)10-13)16(20)18(2)14-6-4-5-7-15(14)19/h8-10,14-15,19H,3-7,17H2,1-2H3. The third kappa shape index (κ3) is 3.67.